The number of furan rings is 1. The van der Waals surface area contributed by atoms with Gasteiger partial charge in [0.1, 0.15) is 16.4 Å². The van der Waals surface area contributed by atoms with E-state index in [0.29, 0.717) is 23.5 Å². The van der Waals surface area contributed by atoms with Crippen LogP contribution in [0.25, 0.3) is 21.5 Å². The van der Waals surface area contributed by atoms with Crippen LogP contribution in [0, 0.1) is 0 Å². The SMILES string of the molecule is CCc1ccc(CN(C)Cc2nc3scc(-c4ccco4)c3c(=O)[nH]2)cc1. The van der Waals surface area contributed by atoms with Gasteiger partial charge in [-0.25, -0.2) is 4.98 Å². The molecule has 4 rings (SSSR count). The second-order valence-electron chi connectivity index (χ2n) is 6.66. The van der Waals surface area contributed by atoms with Gasteiger partial charge in [-0.3, -0.25) is 9.69 Å². The van der Waals surface area contributed by atoms with Crippen molar-refractivity contribution in [3.8, 4) is 11.3 Å². The molecule has 0 aliphatic rings. The van der Waals surface area contributed by atoms with Crippen molar-refractivity contribution in [1.29, 1.82) is 0 Å². The van der Waals surface area contributed by atoms with Crippen molar-refractivity contribution >= 4 is 21.6 Å². The third kappa shape index (κ3) is 3.72. The monoisotopic (exact) mass is 379 g/mol. The molecule has 0 amide bonds. The lowest BCUT2D eigenvalue weighted by Gasteiger charge is -2.16. The fourth-order valence-corrected chi connectivity index (χ4v) is 4.13. The van der Waals surface area contributed by atoms with Gasteiger partial charge in [0, 0.05) is 17.5 Å². The molecule has 0 atom stereocenters. The average molecular weight is 379 g/mol. The Labute approximate surface area is 161 Å². The average Bonchev–Trinajstić information content (AvgIpc) is 3.31. The van der Waals surface area contributed by atoms with E-state index in [-0.39, 0.29) is 5.56 Å². The van der Waals surface area contributed by atoms with Crippen LogP contribution in [0.4, 0.5) is 0 Å². The molecule has 6 heteroatoms. The van der Waals surface area contributed by atoms with Crippen molar-refractivity contribution in [2.45, 2.75) is 26.4 Å². The van der Waals surface area contributed by atoms with E-state index in [1.807, 2.05) is 24.6 Å². The molecule has 3 aromatic heterocycles. The molecule has 1 N–H and O–H groups in total. The predicted octanol–water partition coefficient (Wildman–Crippen LogP) is 4.44. The highest BCUT2D eigenvalue weighted by molar-refractivity contribution is 7.17. The van der Waals surface area contributed by atoms with Gasteiger partial charge in [0.2, 0.25) is 0 Å². The Hall–Kier alpha value is -2.70. The Morgan fingerprint density at radius 1 is 1.15 bits per heavy atom. The predicted molar refractivity (Wildman–Crippen MR) is 109 cm³/mol. The number of thiophene rings is 1. The van der Waals surface area contributed by atoms with E-state index in [1.165, 1.54) is 22.5 Å². The van der Waals surface area contributed by atoms with Crippen LogP contribution in [0.15, 0.2) is 57.3 Å². The topological polar surface area (TPSA) is 62.1 Å². The first-order valence-corrected chi connectivity index (χ1v) is 9.82. The number of aryl methyl sites for hydroxylation is 1. The van der Waals surface area contributed by atoms with Crippen molar-refractivity contribution in [3.63, 3.8) is 0 Å². The molecular weight excluding hydrogens is 358 g/mol. The Morgan fingerprint density at radius 3 is 2.63 bits per heavy atom. The maximum absolute atomic E-state index is 12.6. The Bertz CT molecular complexity index is 1090. The first-order chi connectivity index (χ1) is 13.1. The smallest absolute Gasteiger partial charge is 0.260 e. The van der Waals surface area contributed by atoms with Crippen LogP contribution >= 0.6 is 11.3 Å². The maximum Gasteiger partial charge on any atom is 0.260 e. The second kappa shape index (κ2) is 7.50. The highest BCUT2D eigenvalue weighted by Crippen LogP contribution is 2.30. The number of nitrogens with zero attached hydrogens (tertiary/aromatic N) is 2. The molecule has 1 aromatic carbocycles. The summed E-state index contributed by atoms with van der Waals surface area (Å²) in [5.74, 6) is 1.36. The van der Waals surface area contributed by atoms with E-state index in [0.717, 1.165) is 23.4 Å². The van der Waals surface area contributed by atoms with Gasteiger partial charge in [0.05, 0.1) is 18.2 Å². The summed E-state index contributed by atoms with van der Waals surface area (Å²) in [7, 11) is 2.03. The van der Waals surface area contributed by atoms with E-state index < -0.39 is 0 Å². The van der Waals surface area contributed by atoms with Crippen molar-refractivity contribution in [1.82, 2.24) is 14.9 Å². The molecule has 27 heavy (non-hydrogen) atoms. The number of hydrogen-bond donors (Lipinski definition) is 1. The fraction of sp³-hybridized carbons (Fsp3) is 0.238. The summed E-state index contributed by atoms with van der Waals surface area (Å²) in [6.07, 6.45) is 2.65. The summed E-state index contributed by atoms with van der Waals surface area (Å²) < 4.78 is 5.44. The van der Waals surface area contributed by atoms with E-state index in [9.17, 15) is 4.79 Å². The van der Waals surface area contributed by atoms with Gasteiger partial charge >= 0.3 is 0 Å². The molecule has 0 radical (unpaired) electrons. The van der Waals surface area contributed by atoms with Crippen molar-refractivity contribution in [3.05, 3.63) is 75.3 Å². The zero-order chi connectivity index (χ0) is 18.8. The summed E-state index contributed by atoms with van der Waals surface area (Å²) in [4.78, 5) is 23.1. The Kier molecular flexibility index (Phi) is 4.92. The van der Waals surface area contributed by atoms with Crippen molar-refractivity contribution in [2.24, 2.45) is 0 Å². The molecule has 0 spiro atoms. The molecule has 0 saturated heterocycles. The molecule has 0 aliphatic carbocycles. The van der Waals surface area contributed by atoms with Gasteiger partial charge in [-0.15, -0.1) is 11.3 Å². The van der Waals surface area contributed by atoms with E-state index in [4.69, 9.17) is 4.42 Å². The minimum absolute atomic E-state index is 0.122. The Balaban J connectivity index is 1.54. The first-order valence-electron chi connectivity index (χ1n) is 8.94. The molecule has 5 nitrogen and oxygen atoms in total. The zero-order valence-corrected chi connectivity index (χ0v) is 16.2. The highest BCUT2D eigenvalue weighted by Gasteiger charge is 2.15. The minimum atomic E-state index is -0.122. The number of benzene rings is 1. The quantitative estimate of drug-likeness (QED) is 0.538. The number of rotatable bonds is 6. The summed E-state index contributed by atoms with van der Waals surface area (Å²) in [5.41, 5.74) is 3.25. The lowest BCUT2D eigenvalue weighted by atomic mass is 10.1. The molecule has 0 aliphatic heterocycles. The third-order valence-electron chi connectivity index (χ3n) is 4.58. The number of nitrogens with one attached hydrogen (secondary N) is 1. The van der Waals surface area contributed by atoms with Crippen LogP contribution in [0.3, 0.4) is 0 Å². The maximum atomic E-state index is 12.6. The van der Waals surface area contributed by atoms with E-state index >= 15 is 0 Å². The molecule has 4 aromatic rings. The van der Waals surface area contributed by atoms with Crippen molar-refractivity contribution in [2.75, 3.05) is 7.05 Å². The lowest BCUT2D eigenvalue weighted by Crippen LogP contribution is -2.21. The first kappa shape index (κ1) is 17.7. The van der Waals surface area contributed by atoms with Crippen LogP contribution in [0.1, 0.15) is 23.9 Å². The molecule has 3 heterocycles. The van der Waals surface area contributed by atoms with E-state index in [1.54, 1.807) is 6.26 Å². The summed E-state index contributed by atoms with van der Waals surface area (Å²) in [6.45, 7) is 3.53. The van der Waals surface area contributed by atoms with Crippen LogP contribution in [-0.4, -0.2) is 21.9 Å². The Morgan fingerprint density at radius 2 is 1.93 bits per heavy atom. The summed E-state index contributed by atoms with van der Waals surface area (Å²) >= 11 is 1.47. The van der Waals surface area contributed by atoms with Gasteiger partial charge in [-0.1, -0.05) is 31.2 Å². The molecule has 0 saturated carbocycles. The summed E-state index contributed by atoms with van der Waals surface area (Å²) in [6, 6.07) is 12.3. The fourth-order valence-electron chi connectivity index (χ4n) is 3.19. The minimum Gasteiger partial charge on any atom is -0.464 e. The van der Waals surface area contributed by atoms with Crippen molar-refractivity contribution < 1.29 is 4.42 Å². The van der Waals surface area contributed by atoms with Crippen LogP contribution in [0.2, 0.25) is 0 Å². The zero-order valence-electron chi connectivity index (χ0n) is 15.4. The molecule has 0 fully saturated rings. The van der Waals surface area contributed by atoms with Crippen LogP contribution in [-0.2, 0) is 19.5 Å². The van der Waals surface area contributed by atoms with Gasteiger partial charge in [0.15, 0.2) is 0 Å². The normalized spacial score (nSPS) is 11.5. The second-order valence-corrected chi connectivity index (χ2v) is 7.52. The van der Waals surface area contributed by atoms with Gasteiger partial charge in [-0.2, -0.15) is 0 Å². The molecule has 0 unspecified atom stereocenters. The molecular formula is C21H21N3O2S. The molecule has 0 bridgehead atoms. The van der Waals surface area contributed by atoms with Crippen LogP contribution < -0.4 is 5.56 Å². The number of aromatic amines is 1. The van der Waals surface area contributed by atoms with Gasteiger partial charge < -0.3 is 9.40 Å². The molecule has 138 valence electrons. The number of fused-ring (bicyclic) bond motifs is 1. The van der Waals surface area contributed by atoms with Gasteiger partial charge in [0.25, 0.3) is 5.56 Å². The van der Waals surface area contributed by atoms with E-state index in [2.05, 4.69) is 46.1 Å². The van der Waals surface area contributed by atoms with Gasteiger partial charge in [-0.05, 0) is 36.7 Å². The number of hydrogen-bond acceptors (Lipinski definition) is 5. The highest BCUT2D eigenvalue weighted by atomic mass is 32.1. The largest absolute Gasteiger partial charge is 0.464 e. The number of aromatic nitrogens is 2. The lowest BCUT2D eigenvalue weighted by molar-refractivity contribution is 0.311. The summed E-state index contributed by atoms with van der Waals surface area (Å²) in [5, 5.41) is 2.52. The standard InChI is InChI=1S/C21H21N3O2S/c1-3-14-6-8-15(9-7-14)11-24(2)12-18-22-20(25)19-16(13-27-21(19)23-18)17-5-4-10-26-17/h4-10,13H,3,11-12H2,1-2H3,(H,22,23,25). The third-order valence-corrected chi connectivity index (χ3v) is 5.46. The van der Waals surface area contributed by atoms with Crippen LogP contribution in [0.5, 0.6) is 0 Å². The number of H-pyrrole nitrogens is 1.